The molecular weight excluding hydrogens is 791 g/mol. The van der Waals surface area contributed by atoms with Gasteiger partial charge in [0.1, 0.15) is 12.2 Å². The molecule has 5 atom stereocenters. The van der Waals surface area contributed by atoms with Gasteiger partial charge in [0.15, 0.2) is 17.0 Å². The van der Waals surface area contributed by atoms with Crippen molar-refractivity contribution in [3.05, 3.63) is 103 Å². The zero-order valence-corrected chi connectivity index (χ0v) is 31.5. The number of nitrogens with zero attached hydrogens (tertiary/aromatic N) is 8. The van der Waals surface area contributed by atoms with Crippen LogP contribution in [0.2, 0.25) is 0 Å². The molecule has 5 amide bonds. The van der Waals surface area contributed by atoms with E-state index in [0.717, 1.165) is 16.0 Å². The smallest absolute Gasteiger partial charge is 0.388 e. The van der Waals surface area contributed by atoms with E-state index in [2.05, 4.69) is 30.8 Å². The molecule has 18 nitrogen and oxygen atoms in total. The van der Waals surface area contributed by atoms with Crippen molar-refractivity contribution in [3.63, 3.8) is 0 Å². The number of amides is 5. The first-order chi connectivity index (χ1) is 28.9. The van der Waals surface area contributed by atoms with E-state index in [-0.39, 0.29) is 67.0 Å². The lowest BCUT2D eigenvalue weighted by molar-refractivity contribution is -0.232. The fourth-order valence-electron chi connectivity index (χ4n) is 7.85. The molecule has 3 aliphatic rings. The van der Waals surface area contributed by atoms with Crippen molar-refractivity contribution in [2.24, 2.45) is 0 Å². The monoisotopic (exact) mass is 829 g/mol. The zero-order valence-electron chi connectivity index (χ0n) is 31.5. The Bertz CT molecular complexity index is 2320. The number of aliphatic hydroxyl groups excluding tert-OH is 2. The second kappa shape index (κ2) is 16.4. The molecule has 1 saturated carbocycles. The van der Waals surface area contributed by atoms with Gasteiger partial charge in [-0.1, -0.05) is 60.7 Å². The number of fused-ring (bicyclic) bond motifs is 1. The lowest BCUT2D eigenvalue weighted by Gasteiger charge is -2.27. The van der Waals surface area contributed by atoms with Crippen LogP contribution in [0.4, 0.5) is 40.2 Å². The molecule has 5 aromatic rings. The second-order valence-corrected chi connectivity index (χ2v) is 14.5. The molecule has 0 spiro atoms. The summed E-state index contributed by atoms with van der Waals surface area (Å²) in [4.78, 5) is 75.8. The van der Waals surface area contributed by atoms with Gasteiger partial charge in [0.25, 0.3) is 0 Å². The number of alkyl halides is 3. The Morgan fingerprint density at radius 2 is 1.67 bits per heavy atom. The fourth-order valence-corrected chi connectivity index (χ4v) is 7.85. The van der Waals surface area contributed by atoms with Crippen LogP contribution in [0.15, 0.2) is 91.5 Å². The predicted molar refractivity (Wildman–Crippen MR) is 206 cm³/mol. The van der Waals surface area contributed by atoms with Gasteiger partial charge in [-0.2, -0.15) is 23.1 Å². The number of rotatable bonds is 10. The first-order valence-electron chi connectivity index (χ1n) is 19.0. The second-order valence-electron chi connectivity index (χ2n) is 14.5. The molecular formula is C39H38F3N11O7. The van der Waals surface area contributed by atoms with Gasteiger partial charge < -0.3 is 40.5 Å². The summed E-state index contributed by atoms with van der Waals surface area (Å²) in [5.74, 6) is -3.01. The van der Waals surface area contributed by atoms with Crippen molar-refractivity contribution < 1.29 is 47.4 Å². The Morgan fingerprint density at radius 1 is 0.967 bits per heavy atom. The molecule has 21 heteroatoms. The molecule has 1 aliphatic carbocycles. The Hall–Kier alpha value is -6.87. The first-order valence-corrected chi connectivity index (χ1v) is 19.0. The van der Waals surface area contributed by atoms with Crippen LogP contribution >= 0.6 is 0 Å². The van der Waals surface area contributed by atoms with Crippen molar-refractivity contribution >= 4 is 52.6 Å². The molecule has 2 aliphatic heterocycles. The Balaban J connectivity index is 1.14. The van der Waals surface area contributed by atoms with E-state index in [1.165, 1.54) is 35.4 Å². The molecule has 3 fully saturated rings. The highest BCUT2D eigenvalue weighted by Gasteiger charge is 2.50. The Labute approximate surface area is 338 Å². The Morgan fingerprint density at radius 3 is 2.30 bits per heavy atom. The molecule has 0 bridgehead atoms. The van der Waals surface area contributed by atoms with E-state index in [4.69, 9.17) is 9.97 Å². The maximum absolute atomic E-state index is 13.4. The number of imidazole rings is 1. The third-order valence-electron chi connectivity index (χ3n) is 10.8. The molecule has 0 unspecified atom stereocenters. The summed E-state index contributed by atoms with van der Waals surface area (Å²) in [7, 11) is 0. The Kier molecular flexibility index (Phi) is 10.9. The number of halogens is 3. The van der Waals surface area contributed by atoms with E-state index < -0.39 is 60.4 Å². The number of nitrogens with one attached hydrogen (secondary N) is 3. The number of carbonyl (C=O) groups is 4. The van der Waals surface area contributed by atoms with Crippen molar-refractivity contribution in [1.29, 1.82) is 0 Å². The lowest BCUT2D eigenvalue weighted by Crippen LogP contribution is -2.47. The van der Waals surface area contributed by atoms with Crippen LogP contribution in [0.25, 0.3) is 11.2 Å². The molecule has 312 valence electrons. The third kappa shape index (κ3) is 7.95. The highest BCUT2D eigenvalue weighted by atomic mass is 19.4. The third-order valence-corrected chi connectivity index (χ3v) is 10.8. The van der Waals surface area contributed by atoms with Gasteiger partial charge >= 0.3 is 24.2 Å². The summed E-state index contributed by atoms with van der Waals surface area (Å²) in [6, 6.07) is 17.5. The largest absolute Gasteiger partial charge is 0.493 e. The minimum atomic E-state index is -5.40. The number of hydroxylamine groups is 2. The van der Waals surface area contributed by atoms with Crippen LogP contribution in [0.1, 0.15) is 35.9 Å². The number of benzene rings is 2. The number of urea groups is 2. The number of hydrogen-bond donors (Lipinski definition) is 5. The van der Waals surface area contributed by atoms with Crippen molar-refractivity contribution in [1.82, 2.24) is 39.8 Å². The van der Waals surface area contributed by atoms with Crippen LogP contribution in [0.3, 0.4) is 0 Å². The minimum absolute atomic E-state index is 0.0280. The number of carbonyl (C=O) groups excluding carboxylic acids is 4. The van der Waals surface area contributed by atoms with Crippen molar-refractivity contribution in [3.8, 4) is 0 Å². The van der Waals surface area contributed by atoms with Gasteiger partial charge in [0.2, 0.25) is 11.9 Å². The number of pyridine rings is 1. The zero-order chi connectivity index (χ0) is 42.1. The first kappa shape index (κ1) is 39.9. The van der Waals surface area contributed by atoms with Crippen molar-refractivity contribution in [2.45, 2.75) is 55.3 Å². The standard InChI is InChI=1S/C39H38F3N11O7/c40-39(41,42)35(57)60-53(38(59)47-24-12-7-14-43-17-24)25-13-15-50(20-25)36-48-33(44-18-26(22-8-3-1-4-9-22)23-10-5-2-6-11-23)30-34(49-36)51(21-46-30)27-16-28(32(56)31(27)55)52-29(54)19-45-37(52)58/h1-12,14,17,21,25-28,31-32,55-56H,13,15-16,18-20H2,(H,45,58)(H,47,59)(H,44,48,49)/t25-,27-,28+,31+,32-/m1/s1. The maximum atomic E-state index is 13.4. The summed E-state index contributed by atoms with van der Waals surface area (Å²) in [6.45, 7) is -0.0199. The summed E-state index contributed by atoms with van der Waals surface area (Å²) in [5.41, 5.74) is 2.60. The summed E-state index contributed by atoms with van der Waals surface area (Å²) >= 11 is 0. The molecule has 0 radical (unpaired) electrons. The number of imide groups is 1. The van der Waals surface area contributed by atoms with Gasteiger partial charge in [0, 0.05) is 31.7 Å². The van der Waals surface area contributed by atoms with Crippen molar-refractivity contribution in [2.75, 3.05) is 41.7 Å². The van der Waals surface area contributed by atoms with E-state index in [9.17, 15) is 42.6 Å². The molecule has 2 aromatic carbocycles. The van der Waals surface area contributed by atoms with E-state index in [1.54, 1.807) is 4.90 Å². The van der Waals surface area contributed by atoms with Gasteiger partial charge in [-0.05, 0) is 36.1 Å². The van der Waals surface area contributed by atoms with Gasteiger partial charge in [-0.15, -0.1) is 5.06 Å². The summed E-state index contributed by atoms with van der Waals surface area (Å²) in [6.07, 6.45) is -4.28. The molecule has 3 aromatic heterocycles. The quantitative estimate of drug-likeness (QED) is 0.101. The minimum Gasteiger partial charge on any atom is -0.388 e. The SMILES string of the molecule is O=C(Nc1cccnc1)N(OC(=O)C(F)(F)F)[C@@H]1CCN(c2nc(NCC(c3ccccc3)c3ccccc3)c3ncn([C@@H]4C[C@H](N5C(=O)CNC5=O)[C@@H](O)[C@H]4O)c3n2)C1. The molecule has 5 heterocycles. The highest BCUT2D eigenvalue weighted by Crippen LogP contribution is 2.38. The van der Waals surface area contributed by atoms with Crippen LogP contribution in [-0.4, -0.2) is 125 Å². The maximum Gasteiger partial charge on any atom is 0.493 e. The molecule has 60 heavy (non-hydrogen) atoms. The van der Waals surface area contributed by atoms with Crippen LogP contribution < -0.4 is 20.9 Å². The lowest BCUT2D eigenvalue weighted by atomic mass is 9.91. The van der Waals surface area contributed by atoms with Gasteiger partial charge in [-0.25, -0.2) is 19.4 Å². The number of aliphatic hydroxyl groups is 2. The van der Waals surface area contributed by atoms with Crippen LogP contribution in [0, 0.1) is 0 Å². The van der Waals surface area contributed by atoms with Crippen LogP contribution in [0.5, 0.6) is 0 Å². The average Bonchev–Trinajstić information content (AvgIpc) is 4.04. The number of aromatic nitrogens is 5. The predicted octanol–water partition coefficient (Wildman–Crippen LogP) is 3.19. The summed E-state index contributed by atoms with van der Waals surface area (Å²) in [5, 5.41) is 31.1. The van der Waals surface area contributed by atoms with E-state index in [1.807, 2.05) is 60.7 Å². The molecule has 2 saturated heterocycles. The summed E-state index contributed by atoms with van der Waals surface area (Å²) < 4.78 is 41.9. The fraction of sp³-hybridized carbons (Fsp3) is 0.333. The normalized spacial score (nSPS) is 21.7. The topological polar surface area (TPSA) is 220 Å². The van der Waals surface area contributed by atoms with Crippen LogP contribution in [-0.2, 0) is 14.4 Å². The van der Waals surface area contributed by atoms with E-state index >= 15 is 0 Å². The number of hydrogen-bond acceptors (Lipinski definition) is 13. The molecule has 5 N–H and O–H groups in total. The van der Waals surface area contributed by atoms with Gasteiger partial charge in [0.05, 0.1) is 42.9 Å². The number of anilines is 3. The highest BCUT2D eigenvalue weighted by molar-refractivity contribution is 6.02. The molecule has 8 rings (SSSR count). The van der Waals surface area contributed by atoms with Gasteiger partial charge in [-0.3, -0.25) is 14.7 Å². The average molecular weight is 830 g/mol. The van der Waals surface area contributed by atoms with E-state index in [0.29, 0.717) is 11.6 Å².